The van der Waals surface area contributed by atoms with Crippen molar-refractivity contribution in [3.05, 3.63) is 48.0 Å². The van der Waals surface area contributed by atoms with E-state index >= 15 is 0 Å². The predicted octanol–water partition coefficient (Wildman–Crippen LogP) is 2.65. The lowest BCUT2D eigenvalue weighted by atomic mass is 9.90. The number of aliphatic imine (C=N–C) groups is 1. The molecule has 1 saturated carbocycles. The molecule has 0 aromatic heterocycles. The van der Waals surface area contributed by atoms with E-state index in [1.807, 2.05) is 18.2 Å². The van der Waals surface area contributed by atoms with Crippen LogP contribution in [0.15, 0.2) is 47.5 Å². The third kappa shape index (κ3) is 1.36. The molecule has 0 radical (unpaired) electrons. The van der Waals surface area contributed by atoms with Crippen LogP contribution in [0.25, 0.3) is 0 Å². The minimum Gasteiger partial charge on any atom is -0.473 e. The van der Waals surface area contributed by atoms with Gasteiger partial charge < -0.3 is 4.74 Å². The second-order valence-corrected chi connectivity index (χ2v) is 5.21. The number of hydrogen-bond acceptors (Lipinski definition) is 2. The summed E-state index contributed by atoms with van der Waals surface area (Å²) in [6.45, 7) is 0.931. The first kappa shape index (κ1) is 9.46. The standard InChI is InChI=1S/C15H15NO/c1-2-4-10(5-3-1)15-16-9-13-11-6-7-12(8-11)14(13)17-15/h1-7,11-14H,8-9H2/t11-,12+,13+,14-/m0/s1. The lowest BCUT2D eigenvalue weighted by molar-refractivity contribution is 0.0990. The lowest BCUT2D eigenvalue weighted by Gasteiger charge is -2.32. The van der Waals surface area contributed by atoms with Crippen molar-refractivity contribution in [3.63, 3.8) is 0 Å². The SMILES string of the molecule is C1=C[C@H]2C[C@@H]1[C@@H]1OC(c3ccccc3)=NC[C@@H]12. The van der Waals surface area contributed by atoms with E-state index in [4.69, 9.17) is 4.74 Å². The van der Waals surface area contributed by atoms with Crippen LogP contribution in [-0.2, 0) is 4.74 Å². The maximum absolute atomic E-state index is 6.13. The highest BCUT2D eigenvalue weighted by Crippen LogP contribution is 2.46. The van der Waals surface area contributed by atoms with E-state index in [0.29, 0.717) is 23.9 Å². The molecule has 4 rings (SSSR count). The van der Waals surface area contributed by atoms with Gasteiger partial charge in [0.25, 0.3) is 0 Å². The molecule has 0 unspecified atom stereocenters. The summed E-state index contributed by atoms with van der Waals surface area (Å²) in [5.74, 6) is 2.80. The number of ether oxygens (including phenoxy) is 1. The van der Waals surface area contributed by atoms with Crippen LogP contribution in [0.2, 0.25) is 0 Å². The lowest BCUT2D eigenvalue weighted by Crippen LogP contribution is -2.36. The Morgan fingerprint density at radius 2 is 1.88 bits per heavy atom. The fourth-order valence-electron chi connectivity index (χ4n) is 3.39. The van der Waals surface area contributed by atoms with Crippen LogP contribution in [0.1, 0.15) is 12.0 Å². The summed E-state index contributed by atoms with van der Waals surface area (Å²) in [5.41, 5.74) is 1.11. The minimum atomic E-state index is 0.373. The first-order chi connectivity index (χ1) is 8.42. The molecule has 2 bridgehead atoms. The number of nitrogens with zero attached hydrogens (tertiary/aromatic N) is 1. The van der Waals surface area contributed by atoms with Gasteiger partial charge in [-0.15, -0.1) is 0 Å². The highest BCUT2D eigenvalue weighted by Gasteiger charge is 2.47. The minimum absolute atomic E-state index is 0.373. The molecule has 1 aromatic rings. The van der Waals surface area contributed by atoms with Crippen LogP contribution in [0.5, 0.6) is 0 Å². The third-order valence-corrected chi connectivity index (χ3v) is 4.26. The van der Waals surface area contributed by atoms with Crippen molar-refractivity contribution in [1.82, 2.24) is 0 Å². The summed E-state index contributed by atoms with van der Waals surface area (Å²) in [7, 11) is 0. The summed E-state index contributed by atoms with van der Waals surface area (Å²) < 4.78 is 6.13. The number of allylic oxidation sites excluding steroid dienone is 1. The van der Waals surface area contributed by atoms with Gasteiger partial charge in [0.1, 0.15) is 6.10 Å². The van der Waals surface area contributed by atoms with Crippen LogP contribution < -0.4 is 0 Å². The number of benzene rings is 1. The monoisotopic (exact) mass is 225 g/mol. The van der Waals surface area contributed by atoms with Crippen molar-refractivity contribution in [1.29, 1.82) is 0 Å². The second kappa shape index (κ2) is 3.46. The smallest absolute Gasteiger partial charge is 0.216 e. The number of rotatable bonds is 1. The van der Waals surface area contributed by atoms with Crippen LogP contribution in [-0.4, -0.2) is 18.5 Å². The van der Waals surface area contributed by atoms with Gasteiger partial charge >= 0.3 is 0 Å². The summed E-state index contributed by atoms with van der Waals surface area (Å²) in [6, 6.07) is 10.2. The molecule has 3 aliphatic rings. The van der Waals surface area contributed by atoms with E-state index in [-0.39, 0.29) is 0 Å². The molecule has 1 fully saturated rings. The van der Waals surface area contributed by atoms with Gasteiger partial charge in [0, 0.05) is 23.9 Å². The van der Waals surface area contributed by atoms with Crippen molar-refractivity contribution in [2.75, 3.05) is 6.54 Å². The Morgan fingerprint density at radius 1 is 1.06 bits per heavy atom. The average molecular weight is 225 g/mol. The maximum Gasteiger partial charge on any atom is 0.216 e. The molecule has 2 aliphatic carbocycles. The quantitative estimate of drug-likeness (QED) is 0.673. The van der Waals surface area contributed by atoms with Crippen molar-refractivity contribution in [2.24, 2.45) is 22.7 Å². The van der Waals surface area contributed by atoms with Gasteiger partial charge in [-0.3, -0.25) is 4.99 Å². The van der Waals surface area contributed by atoms with Crippen molar-refractivity contribution in [2.45, 2.75) is 12.5 Å². The Kier molecular flexibility index (Phi) is 1.92. The molecule has 86 valence electrons. The Labute approximate surface area is 101 Å². The predicted molar refractivity (Wildman–Crippen MR) is 66.9 cm³/mol. The van der Waals surface area contributed by atoms with Gasteiger partial charge in [0.05, 0.1) is 0 Å². The summed E-state index contributed by atoms with van der Waals surface area (Å²) in [5, 5.41) is 0. The van der Waals surface area contributed by atoms with Crippen LogP contribution in [0.4, 0.5) is 0 Å². The zero-order valence-electron chi connectivity index (χ0n) is 9.62. The molecule has 1 aliphatic heterocycles. The zero-order valence-corrected chi connectivity index (χ0v) is 9.62. The van der Waals surface area contributed by atoms with Gasteiger partial charge in [0.2, 0.25) is 5.90 Å². The highest BCUT2D eigenvalue weighted by atomic mass is 16.5. The Morgan fingerprint density at radius 3 is 2.76 bits per heavy atom. The topological polar surface area (TPSA) is 21.6 Å². The molecule has 1 aromatic carbocycles. The summed E-state index contributed by atoms with van der Waals surface area (Å²) >= 11 is 0. The van der Waals surface area contributed by atoms with Crippen molar-refractivity contribution >= 4 is 5.90 Å². The zero-order chi connectivity index (χ0) is 11.2. The van der Waals surface area contributed by atoms with Crippen LogP contribution >= 0.6 is 0 Å². The number of hydrogen-bond donors (Lipinski definition) is 0. The molecule has 0 N–H and O–H groups in total. The fourth-order valence-corrected chi connectivity index (χ4v) is 3.39. The molecule has 2 nitrogen and oxygen atoms in total. The molecular formula is C15H15NO. The molecule has 4 atom stereocenters. The Hall–Kier alpha value is -1.57. The highest BCUT2D eigenvalue weighted by molar-refractivity contribution is 5.94. The van der Waals surface area contributed by atoms with E-state index in [9.17, 15) is 0 Å². The molecule has 1 heterocycles. The Bertz CT molecular complexity index is 491. The second-order valence-electron chi connectivity index (χ2n) is 5.21. The first-order valence-electron chi connectivity index (χ1n) is 6.37. The molecular weight excluding hydrogens is 210 g/mol. The van der Waals surface area contributed by atoms with E-state index < -0.39 is 0 Å². The third-order valence-electron chi connectivity index (χ3n) is 4.26. The molecule has 17 heavy (non-hydrogen) atoms. The molecule has 2 heteroatoms. The molecule has 0 saturated heterocycles. The first-order valence-corrected chi connectivity index (χ1v) is 6.37. The van der Waals surface area contributed by atoms with Gasteiger partial charge in [-0.2, -0.15) is 0 Å². The van der Waals surface area contributed by atoms with Gasteiger partial charge in [-0.05, 0) is 24.5 Å². The van der Waals surface area contributed by atoms with E-state index in [0.717, 1.165) is 18.0 Å². The fraction of sp³-hybridized carbons (Fsp3) is 0.400. The number of fused-ring (bicyclic) bond motifs is 5. The van der Waals surface area contributed by atoms with Gasteiger partial charge in [-0.1, -0.05) is 30.4 Å². The van der Waals surface area contributed by atoms with E-state index in [1.54, 1.807) is 0 Å². The van der Waals surface area contributed by atoms with E-state index in [2.05, 4.69) is 29.3 Å². The maximum atomic E-state index is 6.13. The molecule has 0 amide bonds. The van der Waals surface area contributed by atoms with Crippen molar-refractivity contribution in [3.8, 4) is 0 Å². The van der Waals surface area contributed by atoms with Gasteiger partial charge in [-0.25, -0.2) is 0 Å². The van der Waals surface area contributed by atoms with Crippen LogP contribution in [0.3, 0.4) is 0 Å². The normalized spacial score (nSPS) is 37.5. The average Bonchev–Trinajstić information content (AvgIpc) is 3.01. The summed E-state index contributed by atoms with van der Waals surface area (Å²) in [4.78, 5) is 4.62. The van der Waals surface area contributed by atoms with Crippen LogP contribution in [0, 0.1) is 17.8 Å². The van der Waals surface area contributed by atoms with Gasteiger partial charge in [0.15, 0.2) is 0 Å². The largest absolute Gasteiger partial charge is 0.473 e. The van der Waals surface area contributed by atoms with Crippen molar-refractivity contribution < 1.29 is 4.74 Å². The van der Waals surface area contributed by atoms with E-state index in [1.165, 1.54) is 6.42 Å². The summed E-state index contributed by atoms with van der Waals surface area (Å²) in [6.07, 6.45) is 6.34. The Balaban J connectivity index is 1.64. The molecule has 0 spiro atoms.